The lowest BCUT2D eigenvalue weighted by molar-refractivity contribution is 0.537. The van der Waals surface area contributed by atoms with Crippen LogP contribution in [-0.4, -0.2) is 6.54 Å². The molecule has 2 heteroatoms. The quantitative estimate of drug-likeness (QED) is 0.740. The molecule has 1 aromatic rings. The Morgan fingerprint density at radius 2 is 2.20 bits per heavy atom. The number of benzene rings is 1. The van der Waals surface area contributed by atoms with Crippen molar-refractivity contribution in [3.8, 4) is 0 Å². The maximum absolute atomic E-state index is 5.90. The molecule has 2 rings (SSSR count). The minimum Gasteiger partial charge on any atom is -0.397 e. The molecule has 0 saturated heterocycles. The highest BCUT2D eigenvalue weighted by Gasteiger charge is 2.27. The normalized spacial score (nSPS) is 17.5. The van der Waals surface area contributed by atoms with Gasteiger partial charge in [0.2, 0.25) is 0 Å². The minimum atomic E-state index is 0.768. The molecule has 0 heterocycles. The SMILES string of the molecule is Cc1ccc(N)c(NCC(C)C2CC2)c1. The maximum atomic E-state index is 5.90. The van der Waals surface area contributed by atoms with Crippen molar-refractivity contribution >= 4 is 11.4 Å². The molecule has 15 heavy (non-hydrogen) atoms. The first-order valence-corrected chi connectivity index (χ1v) is 5.77. The molecule has 2 nitrogen and oxygen atoms in total. The molecule has 0 bridgehead atoms. The highest BCUT2D eigenvalue weighted by Crippen LogP contribution is 2.36. The van der Waals surface area contributed by atoms with Crippen molar-refractivity contribution in [1.29, 1.82) is 0 Å². The fourth-order valence-electron chi connectivity index (χ4n) is 1.93. The topological polar surface area (TPSA) is 38.0 Å². The van der Waals surface area contributed by atoms with E-state index in [1.165, 1.54) is 18.4 Å². The predicted octanol–water partition coefficient (Wildman–Crippen LogP) is 3.04. The van der Waals surface area contributed by atoms with Gasteiger partial charge in [0.15, 0.2) is 0 Å². The van der Waals surface area contributed by atoms with Gasteiger partial charge in [0.25, 0.3) is 0 Å². The number of hydrogen-bond donors (Lipinski definition) is 2. The van der Waals surface area contributed by atoms with Gasteiger partial charge in [0.1, 0.15) is 0 Å². The van der Waals surface area contributed by atoms with Crippen LogP contribution in [0.3, 0.4) is 0 Å². The van der Waals surface area contributed by atoms with Gasteiger partial charge in [-0.3, -0.25) is 0 Å². The third-order valence-electron chi connectivity index (χ3n) is 3.25. The number of aryl methyl sites for hydroxylation is 1. The van der Waals surface area contributed by atoms with Crippen LogP contribution in [-0.2, 0) is 0 Å². The average Bonchev–Trinajstić information content (AvgIpc) is 3.02. The molecule has 1 aliphatic rings. The molecular formula is C13H20N2. The van der Waals surface area contributed by atoms with Gasteiger partial charge in [0, 0.05) is 6.54 Å². The first-order valence-electron chi connectivity index (χ1n) is 5.77. The van der Waals surface area contributed by atoms with Gasteiger partial charge in [-0.1, -0.05) is 13.0 Å². The first-order chi connectivity index (χ1) is 7.16. The molecule has 82 valence electrons. The summed E-state index contributed by atoms with van der Waals surface area (Å²) >= 11 is 0. The van der Waals surface area contributed by atoms with E-state index in [-0.39, 0.29) is 0 Å². The molecule has 0 aromatic heterocycles. The number of hydrogen-bond acceptors (Lipinski definition) is 2. The van der Waals surface area contributed by atoms with Crippen molar-refractivity contribution in [2.75, 3.05) is 17.6 Å². The van der Waals surface area contributed by atoms with Crippen molar-refractivity contribution < 1.29 is 0 Å². The van der Waals surface area contributed by atoms with E-state index >= 15 is 0 Å². The molecule has 3 N–H and O–H groups in total. The van der Waals surface area contributed by atoms with Gasteiger partial charge in [0.05, 0.1) is 11.4 Å². The largest absolute Gasteiger partial charge is 0.397 e. The lowest BCUT2D eigenvalue weighted by atomic mass is 10.1. The molecular weight excluding hydrogens is 184 g/mol. The number of nitrogen functional groups attached to an aromatic ring is 1. The summed E-state index contributed by atoms with van der Waals surface area (Å²) in [4.78, 5) is 0. The van der Waals surface area contributed by atoms with Crippen molar-refractivity contribution in [2.24, 2.45) is 11.8 Å². The van der Waals surface area contributed by atoms with E-state index in [1.54, 1.807) is 0 Å². The van der Waals surface area contributed by atoms with Crippen molar-refractivity contribution in [3.05, 3.63) is 23.8 Å². The summed E-state index contributed by atoms with van der Waals surface area (Å²) in [6.07, 6.45) is 2.82. The Labute approximate surface area is 91.9 Å². The van der Waals surface area contributed by atoms with Gasteiger partial charge in [-0.25, -0.2) is 0 Å². The predicted molar refractivity (Wildman–Crippen MR) is 66.0 cm³/mol. The zero-order chi connectivity index (χ0) is 10.8. The molecule has 1 fully saturated rings. The summed E-state index contributed by atoms with van der Waals surface area (Å²) in [5.41, 5.74) is 9.10. The van der Waals surface area contributed by atoms with E-state index in [0.717, 1.165) is 29.8 Å². The second kappa shape index (κ2) is 4.13. The van der Waals surface area contributed by atoms with Crippen molar-refractivity contribution in [3.63, 3.8) is 0 Å². The Morgan fingerprint density at radius 3 is 2.87 bits per heavy atom. The number of nitrogens with one attached hydrogen (secondary N) is 1. The molecule has 0 amide bonds. The molecule has 1 aliphatic carbocycles. The number of rotatable bonds is 4. The summed E-state index contributed by atoms with van der Waals surface area (Å²) in [7, 11) is 0. The average molecular weight is 204 g/mol. The molecule has 0 aliphatic heterocycles. The van der Waals surface area contributed by atoms with E-state index in [1.807, 2.05) is 12.1 Å². The molecule has 1 aromatic carbocycles. The lowest BCUT2D eigenvalue weighted by Crippen LogP contribution is -2.13. The molecule has 0 spiro atoms. The van der Waals surface area contributed by atoms with E-state index in [4.69, 9.17) is 5.73 Å². The Bertz CT molecular complexity index is 342. The van der Waals surface area contributed by atoms with Crippen molar-refractivity contribution in [2.45, 2.75) is 26.7 Å². The van der Waals surface area contributed by atoms with Gasteiger partial charge in [-0.15, -0.1) is 0 Å². The lowest BCUT2D eigenvalue weighted by Gasteiger charge is -2.14. The summed E-state index contributed by atoms with van der Waals surface area (Å²) in [6.45, 7) is 5.45. The Morgan fingerprint density at radius 1 is 1.47 bits per heavy atom. The van der Waals surface area contributed by atoms with Crippen LogP contribution in [0.15, 0.2) is 18.2 Å². The second-order valence-corrected chi connectivity index (χ2v) is 4.79. The van der Waals surface area contributed by atoms with Crippen LogP contribution >= 0.6 is 0 Å². The van der Waals surface area contributed by atoms with Crippen LogP contribution in [0.2, 0.25) is 0 Å². The van der Waals surface area contributed by atoms with Gasteiger partial charge >= 0.3 is 0 Å². The molecule has 1 unspecified atom stereocenters. The minimum absolute atomic E-state index is 0.768. The van der Waals surface area contributed by atoms with Gasteiger partial charge in [-0.2, -0.15) is 0 Å². The highest BCUT2D eigenvalue weighted by atomic mass is 14.9. The zero-order valence-corrected chi connectivity index (χ0v) is 9.59. The zero-order valence-electron chi connectivity index (χ0n) is 9.59. The summed E-state index contributed by atoms with van der Waals surface area (Å²) in [5, 5.41) is 3.45. The Balaban J connectivity index is 1.94. The second-order valence-electron chi connectivity index (χ2n) is 4.79. The summed E-state index contributed by atoms with van der Waals surface area (Å²) in [5.74, 6) is 1.72. The summed E-state index contributed by atoms with van der Waals surface area (Å²) < 4.78 is 0. The maximum Gasteiger partial charge on any atom is 0.0576 e. The van der Waals surface area contributed by atoms with Crippen LogP contribution < -0.4 is 11.1 Å². The van der Waals surface area contributed by atoms with E-state index < -0.39 is 0 Å². The Kier molecular flexibility index (Phi) is 2.85. The number of anilines is 2. The first kappa shape index (κ1) is 10.3. The fraction of sp³-hybridized carbons (Fsp3) is 0.538. The third-order valence-corrected chi connectivity index (χ3v) is 3.25. The third kappa shape index (κ3) is 2.65. The fourth-order valence-corrected chi connectivity index (χ4v) is 1.93. The van der Waals surface area contributed by atoms with Gasteiger partial charge < -0.3 is 11.1 Å². The monoisotopic (exact) mass is 204 g/mol. The van der Waals surface area contributed by atoms with Crippen LogP contribution in [0.25, 0.3) is 0 Å². The van der Waals surface area contributed by atoms with Crippen LogP contribution in [0.5, 0.6) is 0 Å². The standard InChI is InChI=1S/C13H20N2/c1-9-3-6-12(14)13(7-9)15-8-10(2)11-4-5-11/h3,6-7,10-11,15H,4-5,8,14H2,1-2H3. The van der Waals surface area contributed by atoms with E-state index in [2.05, 4.69) is 25.2 Å². The van der Waals surface area contributed by atoms with Crippen LogP contribution in [0, 0.1) is 18.8 Å². The molecule has 0 radical (unpaired) electrons. The molecule has 1 atom stereocenters. The Hall–Kier alpha value is -1.18. The van der Waals surface area contributed by atoms with E-state index in [9.17, 15) is 0 Å². The van der Waals surface area contributed by atoms with Crippen molar-refractivity contribution in [1.82, 2.24) is 0 Å². The number of nitrogens with two attached hydrogens (primary N) is 1. The van der Waals surface area contributed by atoms with Gasteiger partial charge in [-0.05, 0) is 49.3 Å². The van der Waals surface area contributed by atoms with Crippen LogP contribution in [0.1, 0.15) is 25.3 Å². The smallest absolute Gasteiger partial charge is 0.0576 e. The highest BCUT2D eigenvalue weighted by molar-refractivity contribution is 5.66. The summed E-state index contributed by atoms with van der Waals surface area (Å²) in [6, 6.07) is 6.14. The molecule has 1 saturated carbocycles. The van der Waals surface area contributed by atoms with Crippen LogP contribution in [0.4, 0.5) is 11.4 Å². The van der Waals surface area contributed by atoms with E-state index in [0.29, 0.717) is 0 Å².